The monoisotopic (exact) mass is 396 g/mol. The number of carbonyl (C=O) groups excluding carboxylic acids is 2. The highest BCUT2D eigenvalue weighted by molar-refractivity contribution is 7.89. The Morgan fingerprint density at radius 2 is 1.70 bits per heavy atom. The standard InChI is InChI=1S/C19H28N2O5S/c1-13(2)17(19(23)26-4)20-18(22)15-9-11-21(12-10-15)27(24,25)16-7-5-14(3)6-8-16/h5-8,13,15,17H,9-12H2,1-4H3,(H,20,22)/t17-/m0/s1. The fourth-order valence-corrected chi connectivity index (χ4v) is 4.58. The highest BCUT2D eigenvalue weighted by atomic mass is 32.2. The van der Waals surface area contributed by atoms with E-state index in [2.05, 4.69) is 5.32 Å². The largest absolute Gasteiger partial charge is 0.467 e. The predicted molar refractivity (Wildman–Crippen MR) is 101 cm³/mol. The number of nitrogens with zero attached hydrogens (tertiary/aromatic N) is 1. The van der Waals surface area contributed by atoms with Gasteiger partial charge in [-0.3, -0.25) is 4.79 Å². The van der Waals surface area contributed by atoms with E-state index in [1.165, 1.54) is 11.4 Å². The van der Waals surface area contributed by atoms with Crippen molar-refractivity contribution >= 4 is 21.9 Å². The van der Waals surface area contributed by atoms with Crippen molar-refractivity contribution in [2.24, 2.45) is 11.8 Å². The number of hydrogen-bond donors (Lipinski definition) is 1. The first kappa shape index (κ1) is 21.4. The zero-order valence-corrected chi connectivity index (χ0v) is 17.1. The van der Waals surface area contributed by atoms with E-state index in [4.69, 9.17) is 4.74 Å². The van der Waals surface area contributed by atoms with Crippen LogP contribution in [0.3, 0.4) is 0 Å². The average Bonchev–Trinajstić information content (AvgIpc) is 2.65. The van der Waals surface area contributed by atoms with Gasteiger partial charge >= 0.3 is 5.97 Å². The molecule has 1 saturated heterocycles. The lowest BCUT2D eigenvalue weighted by atomic mass is 9.95. The van der Waals surface area contributed by atoms with Crippen LogP contribution in [-0.4, -0.2) is 50.8 Å². The molecule has 8 heteroatoms. The number of carbonyl (C=O) groups is 2. The Kier molecular flexibility index (Phi) is 7.00. The summed E-state index contributed by atoms with van der Waals surface area (Å²) in [4.78, 5) is 24.6. The summed E-state index contributed by atoms with van der Waals surface area (Å²) < 4.78 is 31.6. The molecule has 0 spiro atoms. The average molecular weight is 397 g/mol. The van der Waals surface area contributed by atoms with Gasteiger partial charge in [-0.05, 0) is 37.8 Å². The summed E-state index contributed by atoms with van der Waals surface area (Å²) in [5.74, 6) is -1.12. The molecule has 7 nitrogen and oxygen atoms in total. The summed E-state index contributed by atoms with van der Waals surface area (Å²) in [5.41, 5.74) is 0.995. The van der Waals surface area contributed by atoms with Crippen LogP contribution in [0.25, 0.3) is 0 Å². The first-order valence-electron chi connectivity index (χ1n) is 9.12. The van der Waals surface area contributed by atoms with Crippen molar-refractivity contribution in [2.75, 3.05) is 20.2 Å². The number of sulfonamides is 1. The molecule has 27 heavy (non-hydrogen) atoms. The van der Waals surface area contributed by atoms with Gasteiger partial charge in [0.2, 0.25) is 15.9 Å². The molecule has 1 heterocycles. The first-order valence-corrected chi connectivity index (χ1v) is 10.6. The number of methoxy groups -OCH3 is 1. The van der Waals surface area contributed by atoms with Crippen LogP contribution in [0.4, 0.5) is 0 Å². The Balaban J connectivity index is 1.99. The van der Waals surface area contributed by atoms with Crippen molar-refractivity contribution in [3.63, 3.8) is 0 Å². The van der Waals surface area contributed by atoms with Gasteiger partial charge in [0, 0.05) is 19.0 Å². The van der Waals surface area contributed by atoms with Gasteiger partial charge in [-0.15, -0.1) is 0 Å². The van der Waals surface area contributed by atoms with Crippen LogP contribution < -0.4 is 5.32 Å². The van der Waals surface area contributed by atoms with Crippen LogP contribution in [0.1, 0.15) is 32.3 Å². The van der Waals surface area contributed by atoms with E-state index in [9.17, 15) is 18.0 Å². The first-order chi connectivity index (χ1) is 12.7. The molecule has 1 atom stereocenters. The number of aryl methyl sites for hydroxylation is 1. The van der Waals surface area contributed by atoms with Crippen LogP contribution in [-0.2, 0) is 24.3 Å². The lowest BCUT2D eigenvalue weighted by molar-refractivity contribution is -0.147. The fourth-order valence-electron chi connectivity index (χ4n) is 3.11. The fraction of sp³-hybridized carbons (Fsp3) is 0.579. The third kappa shape index (κ3) is 5.07. The van der Waals surface area contributed by atoms with Gasteiger partial charge in [-0.2, -0.15) is 4.31 Å². The van der Waals surface area contributed by atoms with Crippen LogP contribution in [0.5, 0.6) is 0 Å². The van der Waals surface area contributed by atoms with Gasteiger partial charge in [0.15, 0.2) is 0 Å². The molecule has 1 aromatic carbocycles. The summed E-state index contributed by atoms with van der Waals surface area (Å²) >= 11 is 0. The van der Waals surface area contributed by atoms with Crippen LogP contribution >= 0.6 is 0 Å². The maximum absolute atomic E-state index is 12.7. The van der Waals surface area contributed by atoms with Gasteiger partial charge in [0.25, 0.3) is 0 Å². The van der Waals surface area contributed by atoms with E-state index in [1.807, 2.05) is 20.8 Å². The molecule has 0 saturated carbocycles. The van der Waals surface area contributed by atoms with Gasteiger partial charge in [0.1, 0.15) is 6.04 Å². The minimum Gasteiger partial charge on any atom is -0.467 e. The van der Waals surface area contributed by atoms with Gasteiger partial charge in [-0.1, -0.05) is 31.5 Å². The maximum Gasteiger partial charge on any atom is 0.328 e. The third-order valence-corrected chi connectivity index (χ3v) is 6.82. The Morgan fingerprint density at radius 1 is 1.15 bits per heavy atom. The van der Waals surface area contributed by atoms with E-state index in [-0.39, 0.29) is 35.7 Å². The number of nitrogens with one attached hydrogen (secondary N) is 1. The molecular weight excluding hydrogens is 368 g/mol. The molecule has 1 fully saturated rings. The zero-order chi connectivity index (χ0) is 20.2. The lowest BCUT2D eigenvalue weighted by Crippen LogP contribution is -2.49. The Morgan fingerprint density at radius 3 is 2.19 bits per heavy atom. The minimum atomic E-state index is -3.55. The number of rotatable bonds is 6. The molecule has 1 aromatic rings. The molecule has 0 radical (unpaired) electrons. The second-order valence-corrected chi connectivity index (χ2v) is 9.18. The van der Waals surface area contributed by atoms with Crippen LogP contribution in [0.15, 0.2) is 29.2 Å². The normalized spacial score (nSPS) is 17.5. The van der Waals surface area contributed by atoms with E-state index < -0.39 is 22.0 Å². The van der Waals surface area contributed by atoms with Crippen molar-refractivity contribution in [3.05, 3.63) is 29.8 Å². The molecule has 0 aromatic heterocycles. The lowest BCUT2D eigenvalue weighted by Gasteiger charge is -2.31. The SMILES string of the molecule is COC(=O)[C@@H](NC(=O)C1CCN(S(=O)(=O)c2ccc(C)cc2)CC1)C(C)C. The molecule has 1 N–H and O–H groups in total. The molecule has 1 amide bonds. The van der Waals surface area contributed by atoms with E-state index in [0.717, 1.165) is 5.56 Å². The molecule has 0 aliphatic carbocycles. The van der Waals surface area contributed by atoms with E-state index >= 15 is 0 Å². The number of ether oxygens (including phenoxy) is 1. The van der Waals surface area contributed by atoms with Crippen molar-refractivity contribution in [1.82, 2.24) is 9.62 Å². The topological polar surface area (TPSA) is 92.8 Å². The van der Waals surface area contributed by atoms with E-state index in [1.54, 1.807) is 24.3 Å². The molecule has 1 aliphatic heterocycles. The number of esters is 1. The summed E-state index contributed by atoms with van der Waals surface area (Å²) in [6, 6.07) is 6.05. The number of benzene rings is 1. The minimum absolute atomic E-state index is 0.0941. The Hall–Kier alpha value is -1.93. The maximum atomic E-state index is 12.7. The molecule has 150 valence electrons. The summed E-state index contributed by atoms with van der Waals surface area (Å²) in [7, 11) is -2.26. The van der Waals surface area contributed by atoms with Crippen LogP contribution in [0, 0.1) is 18.8 Å². The molecule has 2 rings (SSSR count). The third-order valence-electron chi connectivity index (χ3n) is 4.90. The van der Waals surface area contributed by atoms with Gasteiger partial charge < -0.3 is 10.1 Å². The second kappa shape index (κ2) is 8.84. The van der Waals surface area contributed by atoms with Crippen molar-refractivity contribution in [2.45, 2.75) is 44.6 Å². The smallest absolute Gasteiger partial charge is 0.328 e. The van der Waals surface area contributed by atoms with Gasteiger partial charge in [-0.25, -0.2) is 13.2 Å². The molecule has 0 unspecified atom stereocenters. The molecule has 0 bridgehead atoms. The van der Waals surface area contributed by atoms with Gasteiger partial charge in [0.05, 0.1) is 12.0 Å². The second-order valence-electron chi connectivity index (χ2n) is 7.24. The highest BCUT2D eigenvalue weighted by Crippen LogP contribution is 2.24. The van der Waals surface area contributed by atoms with E-state index in [0.29, 0.717) is 12.8 Å². The zero-order valence-electron chi connectivity index (χ0n) is 16.3. The van der Waals surface area contributed by atoms with Crippen molar-refractivity contribution < 1.29 is 22.7 Å². The van der Waals surface area contributed by atoms with Crippen molar-refractivity contribution in [3.8, 4) is 0 Å². The predicted octanol–water partition coefficient (Wildman–Crippen LogP) is 1.71. The van der Waals surface area contributed by atoms with Crippen molar-refractivity contribution in [1.29, 1.82) is 0 Å². The number of piperidine rings is 1. The Bertz CT molecular complexity index is 766. The quantitative estimate of drug-likeness (QED) is 0.739. The Labute approximate surface area is 161 Å². The van der Waals surface area contributed by atoms with Crippen LogP contribution in [0.2, 0.25) is 0 Å². The summed E-state index contributed by atoms with van der Waals surface area (Å²) in [6.07, 6.45) is 0.839. The number of hydrogen-bond acceptors (Lipinski definition) is 5. The summed E-state index contributed by atoms with van der Waals surface area (Å²) in [6.45, 7) is 6.12. The molecule has 1 aliphatic rings. The molecular formula is C19H28N2O5S. The summed E-state index contributed by atoms with van der Waals surface area (Å²) in [5, 5.41) is 2.75. The number of amides is 1. The highest BCUT2D eigenvalue weighted by Gasteiger charge is 2.34.